The van der Waals surface area contributed by atoms with E-state index in [2.05, 4.69) is 240 Å². The number of rotatable bonds is 5. The Morgan fingerprint density at radius 2 is 0.938 bits per heavy atom. The van der Waals surface area contributed by atoms with E-state index in [1.165, 1.54) is 88.4 Å². The van der Waals surface area contributed by atoms with Crippen molar-refractivity contribution < 1.29 is 4.74 Å². The van der Waals surface area contributed by atoms with Crippen LogP contribution in [0.15, 0.2) is 194 Å². The van der Waals surface area contributed by atoms with Gasteiger partial charge in [0.25, 0.3) is 6.71 Å². The number of fused-ring (bicyclic) bond motifs is 7. The quantitative estimate of drug-likeness (QED) is 0.158. The van der Waals surface area contributed by atoms with E-state index in [9.17, 15) is 0 Å². The van der Waals surface area contributed by atoms with E-state index in [0.29, 0.717) is 0 Å². The molecule has 2 nitrogen and oxygen atoms in total. The monoisotopic (exact) mass is 835 g/mol. The highest BCUT2D eigenvalue weighted by Crippen LogP contribution is 2.47. The maximum absolute atomic E-state index is 7.62. The maximum Gasteiger partial charge on any atom is 0.256 e. The van der Waals surface area contributed by atoms with Gasteiger partial charge in [0.1, 0.15) is 11.5 Å². The molecule has 0 fully saturated rings. The van der Waals surface area contributed by atoms with Crippen molar-refractivity contribution >= 4 is 44.9 Å². The smallest absolute Gasteiger partial charge is 0.256 e. The summed E-state index contributed by atoms with van der Waals surface area (Å²) < 4.78 is 10.2. The lowest BCUT2D eigenvalue weighted by molar-refractivity contribution is 0.489. The summed E-state index contributed by atoms with van der Waals surface area (Å²) in [6, 6.07) is 71.9. The van der Waals surface area contributed by atoms with Crippen LogP contribution < -0.4 is 21.1 Å². The second kappa shape index (κ2) is 14.6. The minimum atomic E-state index is -0.108. The molecule has 10 aromatic rings. The molecule has 2 aliphatic rings. The van der Waals surface area contributed by atoms with Crippen molar-refractivity contribution in [3.8, 4) is 72.8 Å². The van der Waals surface area contributed by atoms with Crippen LogP contribution in [0.3, 0.4) is 0 Å². The number of benzene rings is 9. The fourth-order valence-corrected chi connectivity index (χ4v) is 10.6. The normalized spacial score (nSPS) is 12.9. The van der Waals surface area contributed by atoms with Crippen molar-refractivity contribution in [3.63, 3.8) is 0 Å². The van der Waals surface area contributed by atoms with Gasteiger partial charge in [-0.05, 0) is 125 Å². The molecule has 3 heteroatoms. The molecule has 0 saturated carbocycles. The Morgan fingerprint density at radius 3 is 1.55 bits per heavy atom. The molecule has 0 atom stereocenters. The zero-order valence-electron chi connectivity index (χ0n) is 37.9. The van der Waals surface area contributed by atoms with Gasteiger partial charge in [0.2, 0.25) is 0 Å². The van der Waals surface area contributed by atoms with Gasteiger partial charge in [-0.15, -0.1) is 0 Å². The molecular formula is C62H50BNO. The van der Waals surface area contributed by atoms with Gasteiger partial charge in [-0.3, -0.25) is 0 Å². The maximum atomic E-state index is 7.62. The van der Waals surface area contributed by atoms with E-state index in [0.717, 1.165) is 33.8 Å². The Hall–Kier alpha value is -7.36. The average Bonchev–Trinajstić information content (AvgIpc) is 3.67. The van der Waals surface area contributed by atoms with Crippen LogP contribution in [0.1, 0.15) is 52.7 Å². The van der Waals surface area contributed by atoms with Gasteiger partial charge in [-0.2, -0.15) is 0 Å². The van der Waals surface area contributed by atoms with Gasteiger partial charge in [0.05, 0.1) is 5.52 Å². The van der Waals surface area contributed by atoms with Crippen LogP contribution in [0.2, 0.25) is 0 Å². The molecule has 0 spiro atoms. The van der Waals surface area contributed by atoms with Gasteiger partial charge in [-0.1, -0.05) is 199 Å². The van der Waals surface area contributed by atoms with E-state index >= 15 is 0 Å². The van der Waals surface area contributed by atoms with Gasteiger partial charge in [0, 0.05) is 27.5 Å². The highest BCUT2D eigenvalue weighted by atomic mass is 16.5. The molecule has 65 heavy (non-hydrogen) atoms. The summed E-state index contributed by atoms with van der Waals surface area (Å²) in [4.78, 5) is 0. The standard InChI is InChI=1S/C62H50BNO/c1-61(2,3)44-30-31-55-50(36-44)51-37-45(62(4,5)6)38-53-59(51)64(55)56-34-42(39-20-10-7-11-21-39)35-57-58(56)63(53)54-33-43(48-28-17-16-26-46(48)40-22-12-8-13-23-40)32-52(60(54)65-57)49-29-19-18-27-47(49)41-24-14-9-15-25-41/h7-38H,1-6H3. The summed E-state index contributed by atoms with van der Waals surface area (Å²) in [5, 5.41) is 2.60. The van der Waals surface area contributed by atoms with Crippen molar-refractivity contribution in [2.45, 2.75) is 52.4 Å². The Morgan fingerprint density at radius 1 is 0.400 bits per heavy atom. The summed E-state index contributed by atoms with van der Waals surface area (Å²) in [6.45, 7) is 13.9. The molecule has 312 valence electrons. The molecule has 0 N–H and O–H groups in total. The molecular weight excluding hydrogens is 785 g/mol. The summed E-state index contributed by atoms with van der Waals surface area (Å²) in [6.07, 6.45) is 0. The molecule has 0 unspecified atom stereocenters. The molecule has 9 aromatic carbocycles. The van der Waals surface area contributed by atoms with Crippen molar-refractivity contribution in [3.05, 3.63) is 205 Å². The molecule has 0 bridgehead atoms. The van der Waals surface area contributed by atoms with E-state index in [1.807, 2.05) is 0 Å². The first-order chi connectivity index (χ1) is 31.5. The highest BCUT2D eigenvalue weighted by molar-refractivity contribution is 6.99. The third kappa shape index (κ3) is 6.32. The number of ether oxygens (including phenoxy) is 1. The Balaban J connectivity index is 1.24. The first kappa shape index (κ1) is 39.3. The van der Waals surface area contributed by atoms with Crippen LogP contribution in [0.5, 0.6) is 11.5 Å². The van der Waals surface area contributed by atoms with E-state index < -0.39 is 0 Å². The first-order valence-electron chi connectivity index (χ1n) is 23.0. The summed E-state index contributed by atoms with van der Waals surface area (Å²) >= 11 is 0. The van der Waals surface area contributed by atoms with E-state index in [4.69, 9.17) is 4.74 Å². The number of aromatic nitrogens is 1. The summed E-state index contributed by atoms with van der Waals surface area (Å²) in [5.41, 5.74) is 21.6. The fraction of sp³-hybridized carbons (Fsp3) is 0.129. The third-order valence-corrected chi connectivity index (χ3v) is 14.0. The van der Waals surface area contributed by atoms with Gasteiger partial charge < -0.3 is 9.30 Å². The van der Waals surface area contributed by atoms with Crippen LogP contribution >= 0.6 is 0 Å². The Bertz CT molecular complexity index is 3510. The molecule has 2 aliphatic heterocycles. The summed E-state index contributed by atoms with van der Waals surface area (Å²) in [5.74, 6) is 1.82. The molecule has 0 radical (unpaired) electrons. The fourth-order valence-electron chi connectivity index (χ4n) is 10.6. The molecule has 1 aromatic heterocycles. The van der Waals surface area contributed by atoms with Crippen molar-refractivity contribution in [1.29, 1.82) is 0 Å². The lowest BCUT2D eigenvalue weighted by Gasteiger charge is -2.36. The van der Waals surface area contributed by atoms with Crippen molar-refractivity contribution in [1.82, 2.24) is 4.57 Å². The SMILES string of the molecule is CC(C)(C)c1ccc2c(c1)c1cc(C(C)(C)C)cc3c1n2-c1cc(-c2ccccc2)cc2c1B3c1cc(-c3ccccc3-c3ccccc3)cc(-c3ccccc3-c3ccccc3)c1O2. The molecule has 0 saturated heterocycles. The average molecular weight is 836 g/mol. The van der Waals surface area contributed by atoms with Gasteiger partial charge >= 0.3 is 0 Å². The van der Waals surface area contributed by atoms with Gasteiger partial charge in [0.15, 0.2) is 0 Å². The minimum Gasteiger partial charge on any atom is -0.458 e. The summed E-state index contributed by atoms with van der Waals surface area (Å²) in [7, 11) is 0. The van der Waals surface area contributed by atoms with Crippen molar-refractivity contribution in [2.75, 3.05) is 0 Å². The molecule has 0 aliphatic carbocycles. The first-order valence-corrected chi connectivity index (χ1v) is 23.0. The van der Waals surface area contributed by atoms with Crippen LogP contribution in [-0.4, -0.2) is 11.3 Å². The Kier molecular flexibility index (Phi) is 8.81. The number of nitrogens with zero attached hydrogens (tertiary/aromatic N) is 1. The predicted octanol–water partition coefficient (Wildman–Crippen LogP) is 14.6. The Labute approximate surface area is 382 Å². The molecule has 12 rings (SSSR count). The third-order valence-electron chi connectivity index (χ3n) is 14.0. The van der Waals surface area contributed by atoms with E-state index in [1.54, 1.807) is 0 Å². The van der Waals surface area contributed by atoms with Crippen LogP contribution in [0, 0.1) is 0 Å². The van der Waals surface area contributed by atoms with Crippen LogP contribution in [-0.2, 0) is 10.8 Å². The van der Waals surface area contributed by atoms with Gasteiger partial charge in [-0.25, -0.2) is 0 Å². The second-order valence-corrected chi connectivity index (χ2v) is 20.1. The highest BCUT2D eigenvalue weighted by Gasteiger charge is 2.43. The van der Waals surface area contributed by atoms with Crippen LogP contribution in [0.4, 0.5) is 0 Å². The lowest BCUT2D eigenvalue weighted by atomic mass is 9.34. The zero-order valence-corrected chi connectivity index (χ0v) is 37.9. The predicted molar refractivity (Wildman–Crippen MR) is 277 cm³/mol. The lowest BCUT2D eigenvalue weighted by Crippen LogP contribution is -2.58. The number of hydrogen-bond donors (Lipinski definition) is 0. The topological polar surface area (TPSA) is 14.2 Å². The van der Waals surface area contributed by atoms with Crippen LogP contribution in [0.25, 0.3) is 83.1 Å². The zero-order chi connectivity index (χ0) is 44.2. The molecule has 0 amide bonds. The van der Waals surface area contributed by atoms with Crippen molar-refractivity contribution in [2.24, 2.45) is 0 Å². The second-order valence-electron chi connectivity index (χ2n) is 20.1. The largest absolute Gasteiger partial charge is 0.458 e. The van der Waals surface area contributed by atoms with E-state index in [-0.39, 0.29) is 17.5 Å². The minimum absolute atomic E-state index is 0.00403. The molecule has 3 heterocycles. The number of hydrogen-bond acceptors (Lipinski definition) is 1.